The SMILES string of the molecule is CC(C)(C)CC(C)(C)NC(=O)c1ccc(F)c(F)c1OCC[Si](C)(C)C. The Bertz CT molecular complexity index is 646. The Morgan fingerprint density at radius 3 is 2.19 bits per heavy atom. The van der Waals surface area contributed by atoms with Gasteiger partial charge in [0.1, 0.15) is 0 Å². The normalized spacial score (nSPS) is 12.8. The van der Waals surface area contributed by atoms with Crippen LogP contribution in [0.2, 0.25) is 25.7 Å². The van der Waals surface area contributed by atoms with E-state index >= 15 is 0 Å². The van der Waals surface area contributed by atoms with Crippen molar-refractivity contribution in [3.05, 3.63) is 29.3 Å². The molecule has 0 aromatic heterocycles. The van der Waals surface area contributed by atoms with E-state index < -0.39 is 31.2 Å². The average molecular weight is 386 g/mol. The van der Waals surface area contributed by atoms with Crippen molar-refractivity contribution in [2.24, 2.45) is 5.41 Å². The summed E-state index contributed by atoms with van der Waals surface area (Å²) in [5.74, 6) is -2.88. The molecule has 3 nitrogen and oxygen atoms in total. The first-order valence-electron chi connectivity index (χ1n) is 9.05. The van der Waals surface area contributed by atoms with Crippen LogP contribution in [-0.2, 0) is 0 Å². The summed E-state index contributed by atoms with van der Waals surface area (Å²) in [7, 11) is -1.39. The van der Waals surface area contributed by atoms with Gasteiger partial charge in [-0.3, -0.25) is 4.79 Å². The Balaban J connectivity index is 3.04. The lowest BCUT2D eigenvalue weighted by atomic mass is 9.81. The highest BCUT2D eigenvalue weighted by atomic mass is 28.3. The molecule has 148 valence electrons. The lowest BCUT2D eigenvalue weighted by Gasteiger charge is -2.33. The van der Waals surface area contributed by atoms with Crippen LogP contribution < -0.4 is 10.1 Å². The summed E-state index contributed by atoms with van der Waals surface area (Å²) in [5, 5.41) is 2.92. The van der Waals surface area contributed by atoms with Crippen molar-refractivity contribution in [2.75, 3.05) is 6.61 Å². The van der Waals surface area contributed by atoms with Gasteiger partial charge in [0.25, 0.3) is 5.91 Å². The molecule has 0 fully saturated rings. The summed E-state index contributed by atoms with van der Waals surface area (Å²) in [6.45, 7) is 16.9. The second-order valence-electron chi connectivity index (χ2n) is 9.97. The van der Waals surface area contributed by atoms with Gasteiger partial charge < -0.3 is 10.1 Å². The number of nitrogens with one attached hydrogen (secondary N) is 1. The molecule has 0 aliphatic rings. The van der Waals surface area contributed by atoms with E-state index in [2.05, 4.69) is 45.7 Å². The summed E-state index contributed by atoms with van der Waals surface area (Å²) >= 11 is 0. The Labute approximate surface area is 157 Å². The van der Waals surface area contributed by atoms with Crippen molar-refractivity contribution in [1.82, 2.24) is 5.32 Å². The Kier molecular flexibility index (Phi) is 7.02. The number of benzene rings is 1. The first-order valence-corrected chi connectivity index (χ1v) is 12.8. The zero-order valence-electron chi connectivity index (χ0n) is 17.3. The summed E-state index contributed by atoms with van der Waals surface area (Å²) in [5.41, 5.74) is -0.446. The summed E-state index contributed by atoms with van der Waals surface area (Å²) in [6, 6.07) is 3.04. The highest BCUT2D eigenvalue weighted by Crippen LogP contribution is 2.29. The van der Waals surface area contributed by atoms with Crippen LogP contribution >= 0.6 is 0 Å². The van der Waals surface area contributed by atoms with E-state index in [1.807, 2.05) is 13.8 Å². The minimum Gasteiger partial charge on any atom is -0.490 e. The lowest BCUT2D eigenvalue weighted by Crippen LogP contribution is -2.46. The lowest BCUT2D eigenvalue weighted by molar-refractivity contribution is 0.0886. The molecule has 1 aromatic carbocycles. The number of halogens is 2. The van der Waals surface area contributed by atoms with Gasteiger partial charge in [0, 0.05) is 13.6 Å². The standard InChI is InChI=1S/C20H33F2NO2Si/c1-19(2,3)13-20(4,5)23-18(24)14-9-10-15(21)16(22)17(14)25-11-12-26(6,7)8/h9-10H,11-13H2,1-8H3,(H,23,24). The van der Waals surface area contributed by atoms with Crippen molar-refractivity contribution in [3.8, 4) is 5.75 Å². The van der Waals surface area contributed by atoms with Gasteiger partial charge in [0.05, 0.1) is 12.2 Å². The molecule has 0 aliphatic heterocycles. The number of amides is 1. The third-order valence-corrected chi connectivity index (χ3v) is 5.52. The number of carbonyl (C=O) groups excluding carboxylic acids is 1. The molecule has 0 aliphatic carbocycles. The molecule has 1 amide bonds. The zero-order valence-corrected chi connectivity index (χ0v) is 18.3. The zero-order chi connectivity index (χ0) is 20.3. The average Bonchev–Trinajstić information content (AvgIpc) is 2.38. The predicted molar refractivity (Wildman–Crippen MR) is 106 cm³/mol. The number of rotatable bonds is 7. The predicted octanol–water partition coefficient (Wildman–Crippen LogP) is 5.63. The topological polar surface area (TPSA) is 38.3 Å². The Hall–Kier alpha value is -1.43. The van der Waals surface area contributed by atoms with Crippen molar-refractivity contribution in [3.63, 3.8) is 0 Å². The molecule has 0 atom stereocenters. The molecular formula is C20H33F2NO2Si. The Morgan fingerprint density at radius 1 is 1.12 bits per heavy atom. The third kappa shape index (κ3) is 7.44. The van der Waals surface area contributed by atoms with Gasteiger partial charge in [0.15, 0.2) is 11.6 Å². The van der Waals surface area contributed by atoms with Crippen LogP contribution in [0.1, 0.15) is 51.4 Å². The van der Waals surface area contributed by atoms with Gasteiger partial charge in [-0.1, -0.05) is 40.4 Å². The molecule has 1 aromatic rings. The smallest absolute Gasteiger partial charge is 0.255 e. The van der Waals surface area contributed by atoms with E-state index in [9.17, 15) is 13.6 Å². The maximum atomic E-state index is 14.3. The molecular weight excluding hydrogens is 352 g/mol. The Morgan fingerprint density at radius 2 is 1.69 bits per heavy atom. The van der Waals surface area contributed by atoms with Gasteiger partial charge >= 0.3 is 0 Å². The van der Waals surface area contributed by atoms with Gasteiger partial charge in [-0.15, -0.1) is 0 Å². The first-order chi connectivity index (χ1) is 11.6. The molecule has 6 heteroatoms. The fraction of sp³-hybridized carbons (Fsp3) is 0.650. The fourth-order valence-electron chi connectivity index (χ4n) is 3.06. The number of hydrogen-bond donors (Lipinski definition) is 1. The van der Waals surface area contributed by atoms with Crippen LogP contribution in [0.15, 0.2) is 12.1 Å². The quantitative estimate of drug-likeness (QED) is 0.618. The molecule has 1 N–H and O–H groups in total. The van der Waals surface area contributed by atoms with Crippen LogP contribution in [0, 0.1) is 17.0 Å². The van der Waals surface area contributed by atoms with Crippen molar-refractivity contribution in [2.45, 2.75) is 72.3 Å². The monoisotopic (exact) mass is 385 g/mol. The summed E-state index contributed by atoms with van der Waals surface area (Å²) in [6.07, 6.45) is 0.737. The van der Waals surface area contributed by atoms with Crippen LogP contribution in [-0.4, -0.2) is 26.1 Å². The number of ether oxygens (including phenoxy) is 1. The van der Waals surface area contributed by atoms with E-state index in [-0.39, 0.29) is 23.3 Å². The van der Waals surface area contributed by atoms with Crippen molar-refractivity contribution < 1.29 is 18.3 Å². The number of carbonyl (C=O) groups is 1. The largest absolute Gasteiger partial charge is 0.490 e. The minimum absolute atomic E-state index is 0.0154. The van der Waals surface area contributed by atoms with Gasteiger partial charge in [-0.05, 0) is 43.9 Å². The van der Waals surface area contributed by atoms with E-state index in [0.29, 0.717) is 0 Å². The second kappa shape index (κ2) is 8.07. The van der Waals surface area contributed by atoms with Crippen LogP contribution in [0.25, 0.3) is 0 Å². The number of hydrogen-bond acceptors (Lipinski definition) is 2. The maximum Gasteiger partial charge on any atom is 0.255 e. The molecule has 1 rings (SSSR count). The molecule has 0 heterocycles. The van der Waals surface area contributed by atoms with E-state index in [1.165, 1.54) is 6.07 Å². The van der Waals surface area contributed by atoms with Crippen LogP contribution in [0.3, 0.4) is 0 Å². The molecule has 0 saturated heterocycles. The maximum absolute atomic E-state index is 14.3. The highest BCUT2D eigenvalue weighted by molar-refractivity contribution is 6.76. The van der Waals surface area contributed by atoms with E-state index in [0.717, 1.165) is 18.5 Å². The molecule has 0 bridgehead atoms. The van der Waals surface area contributed by atoms with E-state index in [1.54, 1.807) is 0 Å². The minimum atomic E-state index is -1.39. The van der Waals surface area contributed by atoms with Gasteiger partial charge in [-0.2, -0.15) is 4.39 Å². The molecule has 0 radical (unpaired) electrons. The molecule has 0 spiro atoms. The summed E-state index contributed by atoms with van der Waals surface area (Å²) < 4.78 is 33.5. The first kappa shape index (κ1) is 22.6. The fourth-order valence-corrected chi connectivity index (χ4v) is 3.77. The summed E-state index contributed by atoms with van der Waals surface area (Å²) in [4.78, 5) is 12.7. The van der Waals surface area contributed by atoms with E-state index in [4.69, 9.17) is 4.74 Å². The third-order valence-electron chi connectivity index (χ3n) is 3.82. The second-order valence-corrected chi connectivity index (χ2v) is 15.6. The highest BCUT2D eigenvalue weighted by Gasteiger charge is 2.29. The van der Waals surface area contributed by atoms with Gasteiger partial charge in [0.2, 0.25) is 5.82 Å². The molecule has 0 saturated carbocycles. The molecule has 0 unspecified atom stereocenters. The van der Waals surface area contributed by atoms with Crippen molar-refractivity contribution >= 4 is 14.0 Å². The van der Waals surface area contributed by atoms with Crippen LogP contribution in [0.4, 0.5) is 8.78 Å². The van der Waals surface area contributed by atoms with Crippen molar-refractivity contribution in [1.29, 1.82) is 0 Å². The molecule has 26 heavy (non-hydrogen) atoms. The van der Waals surface area contributed by atoms with Crippen LogP contribution in [0.5, 0.6) is 5.75 Å². The van der Waals surface area contributed by atoms with Gasteiger partial charge in [-0.25, -0.2) is 4.39 Å².